The first-order valence-electron chi connectivity index (χ1n) is 4.02. The number of hydrogen-bond acceptors (Lipinski definition) is 1. The molecule has 1 aliphatic carbocycles. The van der Waals surface area contributed by atoms with Crippen LogP contribution in [0.4, 0.5) is 0 Å². The van der Waals surface area contributed by atoms with Crippen LogP contribution in [0.2, 0.25) is 0 Å². The van der Waals surface area contributed by atoms with Gasteiger partial charge >= 0.3 is 0 Å². The Morgan fingerprint density at radius 1 is 1.60 bits per heavy atom. The predicted octanol–water partition coefficient (Wildman–Crippen LogP) is 2.32. The topological polar surface area (TPSA) is 17.1 Å². The zero-order chi connectivity index (χ0) is 7.40. The lowest BCUT2D eigenvalue weighted by Gasteiger charge is -1.88. The molecule has 0 radical (unpaired) electrons. The minimum Gasteiger partial charge on any atom is -0.295 e. The lowest BCUT2D eigenvalue weighted by Crippen LogP contribution is -1.92. The zero-order valence-electron chi connectivity index (χ0n) is 6.47. The van der Waals surface area contributed by atoms with Crippen molar-refractivity contribution in [1.82, 2.24) is 0 Å². The summed E-state index contributed by atoms with van der Waals surface area (Å²) in [5.74, 6) is 1.04. The fourth-order valence-corrected chi connectivity index (χ4v) is 0.924. The van der Waals surface area contributed by atoms with Gasteiger partial charge in [-0.3, -0.25) is 4.79 Å². The third-order valence-corrected chi connectivity index (χ3v) is 1.73. The van der Waals surface area contributed by atoms with E-state index >= 15 is 0 Å². The van der Waals surface area contributed by atoms with E-state index in [1.54, 1.807) is 6.08 Å². The molecule has 1 nitrogen and oxygen atoms in total. The van der Waals surface area contributed by atoms with Crippen LogP contribution >= 0.6 is 0 Å². The molecule has 1 rings (SSSR count). The SMILES string of the molecule is CC/C=C/C(=O)CC1CC1. The molecule has 0 atom stereocenters. The van der Waals surface area contributed by atoms with Gasteiger partial charge in [-0.15, -0.1) is 0 Å². The fourth-order valence-electron chi connectivity index (χ4n) is 0.924. The molecule has 56 valence electrons. The van der Waals surface area contributed by atoms with Gasteiger partial charge in [0, 0.05) is 6.42 Å². The summed E-state index contributed by atoms with van der Waals surface area (Å²) in [4.78, 5) is 11.0. The standard InChI is InChI=1S/C9H14O/c1-2-3-4-9(10)7-8-5-6-8/h3-4,8H,2,5-7H2,1H3/b4-3+. The Kier molecular flexibility index (Phi) is 2.67. The molecule has 0 spiro atoms. The molecule has 1 saturated carbocycles. The maximum absolute atomic E-state index is 11.0. The van der Waals surface area contributed by atoms with Crippen LogP contribution in [0.15, 0.2) is 12.2 Å². The van der Waals surface area contributed by atoms with Crippen molar-refractivity contribution >= 4 is 5.78 Å². The molecule has 0 aromatic carbocycles. The van der Waals surface area contributed by atoms with Crippen molar-refractivity contribution in [3.8, 4) is 0 Å². The molecule has 0 heterocycles. The normalized spacial score (nSPS) is 18.1. The van der Waals surface area contributed by atoms with Gasteiger partial charge in [0.1, 0.15) is 0 Å². The average Bonchev–Trinajstić information content (AvgIpc) is 2.67. The zero-order valence-corrected chi connectivity index (χ0v) is 6.47. The van der Waals surface area contributed by atoms with Crippen molar-refractivity contribution in [2.75, 3.05) is 0 Å². The average molecular weight is 138 g/mol. The first-order chi connectivity index (χ1) is 4.83. The van der Waals surface area contributed by atoms with Crippen LogP contribution in [0, 0.1) is 5.92 Å². The van der Waals surface area contributed by atoms with E-state index in [0.717, 1.165) is 18.8 Å². The molecule has 0 N–H and O–H groups in total. The minimum absolute atomic E-state index is 0.310. The van der Waals surface area contributed by atoms with Crippen LogP contribution in [-0.4, -0.2) is 5.78 Å². The summed E-state index contributed by atoms with van der Waals surface area (Å²) >= 11 is 0. The van der Waals surface area contributed by atoms with Gasteiger partial charge in [0.2, 0.25) is 0 Å². The highest BCUT2D eigenvalue weighted by Gasteiger charge is 2.22. The van der Waals surface area contributed by atoms with Gasteiger partial charge in [0.15, 0.2) is 5.78 Å². The van der Waals surface area contributed by atoms with E-state index in [1.165, 1.54) is 12.8 Å². The van der Waals surface area contributed by atoms with Crippen molar-refractivity contribution in [2.45, 2.75) is 32.6 Å². The van der Waals surface area contributed by atoms with Crippen LogP contribution in [0.3, 0.4) is 0 Å². The number of carbonyl (C=O) groups is 1. The van der Waals surface area contributed by atoms with Gasteiger partial charge in [0.25, 0.3) is 0 Å². The third-order valence-electron chi connectivity index (χ3n) is 1.73. The molecule has 0 unspecified atom stereocenters. The molecule has 0 bridgehead atoms. The van der Waals surface area contributed by atoms with Crippen molar-refractivity contribution in [2.24, 2.45) is 5.92 Å². The van der Waals surface area contributed by atoms with Crippen molar-refractivity contribution in [3.05, 3.63) is 12.2 Å². The molecule has 0 aromatic rings. The van der Waals surface area contributed by atoms with Crippen LogP contribution in [-0.2, 0) is 4.79 Å². The molecule has 1 aliphatic rings. The summed E-state index contributed by atoms with van der Waals surface area (Å²) in [5.41, 5.74) is 0. The summed E-state index contributed by atoms with van der Waals surface area (Å²) in [6.45, 7) is 2.04. The number of ketones is 1. The largest absolute Gasteiger partial charge is 0.295 e. The summed E-state index contributed by atoms with van der Waals surface area (Å²) < 4.78 is 0. The first kappa shape index (κ1) is 7.52. The minimum atomic E-state index is 0.310. The van der Waals surface area contributed by atoms with Gasteiger partial charge in [-0.25, -0.2) is 0 Å². The van der Waals surface area contributed by atoms with E-state index in [2.05, 4.69) is 0 Å². The summed E-state index contributed by atoms with van der Waals surface area (Å²) in [7, 11) is 0. The lowest BCUT2D eigenvalue weighted by molar-refractivity contribution is -0.114. The third kappa shape index (κ3) is 2.81. The van der Waals surface area contributed by atoms with E-state index < -0.39 is 0 Å². The fraction of sp³-hybridized carbons (Fsp3) is 0.667. The second-order valence-corrected chi connectivity index (χ2v) is 2.92. The Labute approximate surface area is 62.1 Å². The molecular weight excluding hydrogens is 124 g/mol. The van der Waals surface area contributed by atoms with Gasteiger partial charge in [-0.2, -0.15) is 0 Å². The quantitative estimate of drug-likeness (QED) is 0.545. The number of rotatable bonds is 4. The molecular formula is C9H14O. The second kappa shape index (κ2) is 3.55. The highest BCUT2D eigenvalue weighted by molar-refractivity contribution is 5.89. The van der Waals surface area contributed by atoms with Crippen molar-refractivity contribution in [3.63, 3.8) is 0 Å². The van der Waals surface area contributed by atoms with Gasteiger partial charge in [-0.1, -0.05) is 13.0 Å². The number of carbonyl (C=O) groups excluding carboxylic acids is 1. The predicted molar refractivity (Wildman–Crippen MR) is 41.8 cm³/mol. The van der Waals surface area contributed by atoms with Crippen LogP contribution in [0.1, 0.15) is 32.6 Å². The second-order valence-electron chi connectivity index (χ2n) is 2.92. The van der Waals surface area contributed by atoms with Crippen molar-refractivity contribution in [1.29, 1.82) is 0 Å². The Bertz CT molecular complexity index is 143. The number of hydrogen-bond donors (Lipinski definition) is 0. The molecule has 0 amide bonds. The van der Waals surface area contributed by atoms with E-state index in [-0.39, 0.29) is 0 Å². The lowest BCUT2D eigenvalue weighted by atomic mass is 10.2. The van der Waals surface area contributed by atoms with Crippen molar-refractivity contribution < 1.29 is 4.79 Å². The molecule has 0 aromatic heterocycles. The Morgan fingerprint density at radius 3 is 2.80 bits per heavy atom. The summed E-state index contributed by atoms with van der Waals surface area (Å²) in [6, 6.07) is 0. The van der Waals surface area contributed by atoms with Crippen LogP contribution in [0.5, 0.6) is 0 Å². The van der Waals surface area contributed by atoms with Crippen LogP contribution < -0.4 is 0 Å². The summed E-state index contributed by atoms with van der Waals surface area (Å²) in [6.07, 6.45) is 7.95. The monoisotopic (exact) mass is 138 g/mol. The summed E-state index contributed by atoms with van der Waals surface area (Å²) in [5, 5.41) is 0. The molecule has 1 heteroatoms. The Hall–Kier alpha value is -0.590. The van der Waals surface area contributed by atoms with Crippen LogP contribution in [0.25, 0.3) is 0 Å². The van der Waals surface area contributed by atoms with E-state index in [0.29, 0.717) is 5.78 Å². The molecule has 10 heavy (non-hydrogen) atoms. The van der Waals surface area contributed by atoms with E-state index in [1.807, 2.05) is 13.0 Å². The Balaban J connectivity index is 2.13. The molecule has 0 aliphatic heterocycles. The van der Waals surface area contributed by atoms with E-state index in [9.17, 15) is 4.79 Å². The van der Waals surface area contributed by atoms with E-state index in [4.69, 9.17) is 0 Å². The maximum Gasteiger partial charge on any atom is 0.155 e. The number of allylic oxidation sites excluding steroid dienone is 2. The Morgan fingerprint density at radius 2 is 2.30 bits per heavy atom. The highest BCUT2D eigenvalue weighted by atomic mass is 16.1. The smallest absolute Gasteiger partial charge is 0.155 e. The first-order valence-corrected chi connectivity index (χ1v) is 4.02. The van der Waals surface area contributed by atoms with Gasteiger partial charge in [-0.05, 0) is 31.3 Å². The van der Waals surface area contributed by atoms with Gasteiger partial charge in [0.05, 0.1) is 0 Å². The molecule has 0 saturated heterocycles. The van der Waals surface area contributed by atoms with Gasteiger partial charge < -0.3 is 0 Å². The highest BCUT2D eigenvalue weighted by Crippen LogP contribution is 2.32. The maximum atomic E-state index is 11.0. The molecule has 1 fully saturated rings.